The minimum absolute atomic E-state index is 0.00125. The molecule has 12 heteroatoms. The predicted molar refractivity (Wildman–Crippen MR) is 147 cm³/mol. The van der Waals surface area contributed by atoms with E-state index in [2.05, 4.69) is 37.3 Å². The van der Waals surface area contributed by atoms with Crippen LogP contribution in [0.3, 0.4) is 0 Å². The molecule has 1 aliphatic heterocycles. The quantitative estimate of drug-likeness (QED) is 0.234. The van der Waals surface area contributed by atoms with Crippen molar-refractivity contribution in [2.45, 2.75) is 51.2 Å². The summed E-state index contributed by atoms with van der Waals surface area (Å²) in [6.45, 7) is 4.05. The highest BCUT2D eigenvalue weighted by atomic mass is 19.1. The molecule has 2 aromatic heterocycles. The first-order valence-corrected chi connectivity index (χ1v) is 13.6. The van der Waals surface area contributed by atoms with Crippen molar-refractivity contribution in [2.75, 3.05) is 24.6 Å². The van der Waals surface area contributed by atoms with Gasteiger partial charge in [0, 0.05) is 24.6 Å². The normalized spacial score (nSPS) is 14.3. The summed E-state index contributed by atoms with van der Waals surface area (Å²) in [5.41, 5.74) is 1.90. The number of fused-ring (bicyclic) bond motifs is 1. The molecule has 0 bridgehead atoms. The Bertz CT molecular complexity index is 1430. The highest BCUT2D eigenvalue weighted by molar-refractivity contribution is 5.98. The second kappa shape index (κ2) is 12.9. The van der Waals surface area contributed by atoms with Crippen molar-refractivity contribution in [1.82, 2.24) is 25.5 Å². The van der Waals surface area contributed by atoms with Gasteiger partial charge >= 0.3 is 0 Å². The third kappa shape index (κ3) is 6.88. The van der Waals surface area contributed by atoms with Crippen LogP contribution in [0, 0.1) is 11.6 Å². The van der Waals surface area contributed by atoms with Crippen molar-refractivity contribution < 1.29 is 27.8 Å². The number of nitrogens with one attached hydrogen (secondary N) is 2. The predicted octanol–water partition coefficient (Wildman–Crippen LogP) is 4.07. The molecule has 0 saturated heterocycles. The molecule has 0 radical (unpaired) electrons. The second-order valence-electron chi connectivity index (χ2n) is 10.00. The van der Waals surface area contributed by atoms with E-state index in [1.165, 1.54) is 30.9 Å². The number of hydrogen-bond donors (Lipinski definition) is 3. The van der Waals surface area contributed by atoms with Crippen LogP contribution in [0.25, 0.3) is 11.5 Å². The van der Waals surface area contributed by atoms with Gasteiger partial charge in [-0.15, -0.1) is 0 Å². The largest absolute Gasteiger partial charge is 0.489 e. The van der Waals surface area contributed by atoms with Crippen LogP contribution in [0.2, 0.25) is 0 Å². The first-order chi connectivity index (χ1) is 19.9. The summed E-state index contributed by atoms with van der Waals surface area (Å²) in [7, 11) is 0. The second-order valence-corrected chi connectivity index (χ2v) is 10.00. The molecule has 10 nitrogen and oxygen atoms in total. The first kappa shape index (κ1) is 28.2. The van der Waals surface area contributed by atoms with E-state index in [0.29, 0.717) is 53.7 Å². The number of halogens is 2. The number of oxazole rings is 1. The standard InChI is InChI=1S/C29H32F2N6O4/c1-2-3-7-37-8-10-40-27-22(29-32-6-9-41-29)14-19(15-24(27)37)28(39)35-23(13-18-11-20(30)16-21(31)12-18)25(38)4-5-26-33-17-34-36-26/h6,9,11-12,14-17,23,25,38H,2-5,7-8,10,13H2,1H3,(H,35,39)(H,33,34,36). The fourth-order valence-electron chi connectivity index (χ4n) is 4.96. The van der Waals surface area contributed by atoms with Gasteiger partial charge in [0.1, 0.15) is 36.7 Å². The molecule has 4 aromatic rings. The van der Waals surface area contributed by atoms with Gasteiger partial charge in [-0.1, -0.05) is 13.3 Å². The number of unbranched alkanes of at least 4 members (excludes halogenated alkanes) is 1. The number of nitrogens with zero attached hydrogens (tertiary/aromatic N) is 4. The highest BCUT2D eigenvalue weighted by Gasteiger charge is 2.28. The molecule has 0 spiro atoms. The van der Waals surface area contributed by atoms with E-state index in [9.17, 15) is 18.7 Å². The molecule has 3 N–H and O–H groups in total. The Balaban J connectivity index is 1.45. The smallest absolute Gasteiger partial charge is 0.251 e. The van der Waals surface area contributed by atoms with Crippen LogP contribution in [0.1, 0.15) is 47.9 Å². The van der Waals surface area contributed by atoms with E-state index in [0.717, 1.165) is 31.1 Å². The number of ether oxygens (including phenoxy) is 1. The van der Waals surface area contributed by atoms with Crippen molar-refractivity contribution in [3.8, 4) is 17.2 Å². The highest BCUT2D eigenvalue weighted by Crippen LogP contribution is 2.41. The van der Waals surface area contributed by atoms with Crippen molar-refractivity contribution >= 4 is 11.6 Å². The Hall–Kier alpha value is -4.32. The van der Waals surface area contributed by atoms with Gasteiger partial charge in [-0.3, -0.25) is 9.89 Å². The van der Waals surface area contributed by atoms with Gasteiger partial charge < -0.3 is 24.5 Å². The van der Waals surface area contributed by atoms with Crippen LogP contribution in [-0.2, 0) is 12.8 Å². The average Bonchev–Trinajstić information content (AvgIpc) is 3.68. The van der Waals surface area contributed by atoms with Gasteiger partial charge in [0.25, 0.3) is 5.91 Å². The third-order valence-corrected chi connectivity index (χ3v) is 7.02. The molecule has 2 atom stereocenters. The van der Waals surface area contributed by atoms with Gasteiger partial charge in [0.15, 0.2) is 5.75 Å². The van der Waals surface area contributed by atoms with Crippen LogP contribution in [0.4, 0.5) is 14.5 Å². The molecular weight excluding hydrogens is 534 g/mol. The Morgan fingerprint density at radius 1 is 1.20 bits per heavy atom. The van der Waals surface area contributed by atoms with Crippen LogP contribution < -0.4 is 15.0 Å². The number of aryl methyl sites for hydroxylation is 1. The zero-order valence-electron chi connectivity index (χ0n) is 22.6. The zero-order valence-corrected chi connectivity index (χ0v) is 22.6. The van der Waals surface area contributed by atoms with Gasteiger partial charge in [-0.05, 0) is 49.1 Å². The Morgan fingerprint density at radius 3 is 2.73 bits per heavy atom. The van der Waals surface area contributed by atoms with E-state index in [1.807, 2.05) is 0 Å². The maximum Gasteiger partial charge on any atom is 0.251 e. The number of amides is 1. The van der Waals surface area contributed by atoms with Crippen LogP contribution in [0.5, 0.6) is 5.75 Å². The Labute approximate surface area is 235 Å². The topological polar surface area (TPSA) is 129 Å². The number of anilines is 1. The first-order valence-electron chi connectivity index (χ1n) is 13.6. The number of benzene rings is 2. The summed E-state index contributed by atoms with van der Waals surface area (Å²) in [4.78, 5) is 24.2. The molecule has 0 aliphatic carbocycles. The minimum Gasteiger partial charge on any atom is -0.489 e. The summed E-state index contributed by atoms with van der Waals surface area (Å²) >= 11 is 0. The van der Waals surface area contributed by atoms with Gasteiger partial charge in [0.05, 0.1) is 36.1 Å². The number of aliphatic hydroxyl groups excluding tert-OH is 1. The van der Waals surface area contributed by atoms with Gasteiger partial charge in [0.2, 0.25) is 5.89 Å². The molecule has 2 aromatic carbocycles. The van der Waals surface area contributed by atoms with E-state index in [4.69, 9.17) is 9.15 Å². The third-order valence-electron chi connectivity index (χ3n) is 7.02. The number of carbonyl (C=O) groups excluding carboxylic acids is 1. The lowest BCUT2D eigenvalue weighted by atomic mass is 9.97. The summed E-state index contributed by atoms with van der Waals surface area (Å²) in [5.74, 6) is -0.472. The lowest BCUT2D eigenvalue weighted by Gasteiger charge is -2.33. The van der Waals surface area contributed by atoms with E-state index >= 15 is 0 Å². The van der Waals surface area contributed by atoms with Crippen LogP contribution in [0.15, 0.2) is 53.5 Å². The van der Waals surface area contributed by atoms with Gasteiger partial charge in [-0.2, -0.15) is 5.10 Å². The summed E-state index contributed by atoms with van der Waals surface area (Å²) in [5, 5.41) is 20.6. The van der Waals surface area contributed by atoms with Crippen molar-refractivity contribution in [1.29, 1.82) is 0 Å². The van der Waals surface area contributed by atoms with Crippen molar-refractivity contribution in [3.05, 3.63) is 77.7 Å². The van der Waals surface area contributed by atoms with Crippen LogP contribution >= 0.6 is 0 Å². The molecule has 41 heavy (non-hydrogen) atoms. The molecule has 2 unspecified atom stereocenters. The van der Waals surface area contributed by atoms with E-state index in [1.54, 1.807) is 12.1 Å². The zero-order chi connectivity index (χ0) is 28.8. The fourth-order valence-corrected chi connectivity index (χ4v) is 4.96. The maximum atomic E-state index is 14.0. The number of aromatic nitrogens is 4. The molecular formula is C29H32F2N6O4. The minimum atomic E-state index is -1.05. The lowest BCUT2D eigenvalue weighted by Crippen LogP contribution is -2.45. The molecule has 5 rings (SSSR count). The molecule has 3 heterocycles. The van der Waals surface area contributed by atoms with Crippen LogP contribution in [-0.4, -0.2) is 63.0 Å². The summed E-state index contributed by atoms with van der Waals surface area (Å²) in [6, 6.07) is 5.69. The number of aromatic amines is 1. The van der Waals surface area contributed by atoms with Crippen molar-refractivity contribution in [3.63, 3.8) is 0 Å². The number of carbonyl (C=O) groups is 1. The number of H-pyrrole nitrogens is 1. The molecule has 216 valence electrons. The van der Waals surface area contributed by atoms with Crippen molar-refractivity contribution in [2.24, 2.45) is 0 Å². The fraction of sp³-hybridized carbons (Fsp3) is 0.379. The molecule has 1 aliphatic rings. The Kier molecular flexibility index (Phi) is 8.88. The number of rotatable bonds is 12. The molecule has 0 fully saturated rings. The summed E-state index contributed by atoms with van der Waals surface area (Å²) in [6.07, 6.45) is 5.85. The van der Waals surface area contributed by atoms with E-state index < -0.39 is 29.7 Å². The average molecular weight is 567 g/mol. The monoisotopic (exact) mass is 566 g/mol. The lowest BCUT2D eigenvalue weighted by molar-refractivity contribution is 0.0813. The van der Waals surface area contributed by atoms with E-state index in [-0.39, 0.29) is 12.8 Å². The maximum absolute atomic E-state index is 14.0. The SMILES string of the molecule is CCCCN1CCOc2c(-c3ncco3)cc(C(=O)NC(Cc3cc(F)cc(F)c3)C(O)CCc3ncn[nH]3)cc21. The van der Waals surface area contributed by atoms with Gasteiger partial charge in [-0.25, -0.2) is 18.7 Å². The number of hydrogen-bond acceptors (Lipinski definition) is 8. The Morgan fingerprint density at radius 2 is 2.02 bits per heavy atom. The molecule has 1 amide bonds. The molecule has 0 saturated carbocycles. The summed E-state index contributed by atoms with van der Waals surface area (Å²) < 4.78 is 39.5. The number of aliphatic hydroxyl groups is 1.